The van der Waals surface area contributed by atoms with E-state index < -0.39 is 0 Å². The van der Waals surface area contributed by atoms with Crippen LogP contribution in [0.2, 0.25) is 0 Å². The Morgan fingerprint density at radius 2 is 0.677 bits per heavy atom. The third-order valence-corrected chi connectivity index (χ3v) is 14.2. The Balaban J connectivity index is 1.04. The average Bonchev–Trinajstić information content (AvgIpc) is 3.77. The van der Waals surface area contributed by atoms with Crippen LogP contribution in [0.1, 0.15) is 0 Å². The van der Waals surface area contributed by atoms with Gasteiger partial charge in [-0.2, -0.15) is 0 Å². The number of thiophene rings is 1. The fourth-order valence-electron chi connectivity index (χ4n) is 9.98. The lowest BCUT2D eigenvalue weighted by molar-refractivity contribution is 1.08. The van der Waals surface area contributed by atoms with Crippen molar-refractivity contribution in [3.05, 3.63) is 224 Å². The molecule has 0 unspecified atom stereocenters. The smallest absolute Gasteiger partial charge is 0.165 e. The van der Waals surface area contributed by atoms with E-state index in [1.165, 1.54) is 80.3 Å². The molecule has 302 valence electrons. The van der Waals surface area contributed by atoms with Gasteiger partial charge in [0.25, 0.3) is 0 Å². The van der Waals surface area contributed by atoms with Gasteiger partial charge in [-0.15, -0.1) is 11.3 Å². The van der Waals surface area contributed by atoms with Gasteiger partial charge in [-0.3, -0.25) is 0 Å². The van der Waals surface area contributed by atoms with E-state index in [0.717, 1.165) is 33.0 Å². The first-order chi connectivity index (χ1) is 32.2. The molecular weight excluding hydrogens is 807 g/mol. The van der Waals surface area contributed by atoms with Crippen molar-refractivity contribution in [1.82, 2.24) is 15.0 Å². The van der Waals surface area contributed by atoms with Gasteiger partial charge in [-0.25, -0.2) is 15.0 Å². The molecule has 3 nitrogen and oxygen atoms in total. The summed E-state index contributed by atoms with van der Waals surface area (Å²) in [4.78, 5) is 16.0. The van der Waals surface area contributed by atoms with Gasteiger partial charge in [0.05, 0.1) is 0 Å². The van der Waals surface area contributed by atoms with Crippen molar-refractivity contribution in [2.45, 2.75) is 0 Å². The Hall–Kier alpha value is -8.31. The van der Waals surface area contributed by atoms with Crippen molar-refractivity contribution in [2.24, 2.45) is 0 Å². The molecule has 2 heterocycles. The van der Waals surface area contributed by atoms with Gasteiger partial charge in [0, 0.05) is 36.9 Å². The first-order valence-electron chi connectivity index (χ1n) is 22.0. The molecule has 0 N–H and O–H groups in total. The Kier molecular flexibility index (Phi) is 8.71. The van der Waals surface area contributed by atoms with E-state index in [4.69, 9.17) is 15.0 Å². The van der Waals surface area contributed by atoms with E-state index in [2.05, 4.69) is 218 Å². The predicted molar refractivity (Wildman–Crippen MR) is 275 cm³/mol. The van der Waals surface area contributed by atoms with Gasteiger partial charge >= 0.3 is 0 Å². The van der Waals surface area contributed by atoms with Crippen LogP contribution in [0.25, 0.3) is 131 Å². The van der Waals surface area contributed by atoms with Gasteiger partial charge in [0.1, 0.15) is 0 Å². The molecule has 0 bridgehead atoms. The third kappa shape index (κ3) is 6.14. The maximum absolute atomic E-state index is 5.39. The van der Waals surface area contributed by atoms with Crippen molar-refractivity contribution in [3.8, 4) is 67.5 Å². The molecule has 0 amide bonds. The summed E-state index contributed by atoms with van der Waals surface area (Å²) in [6, 6.07) is 80.6. The van der Waals surface area contributed by atoms with Gasteiger partial charge in [0.2, 0.25) is 0 Å². The quantitative estimate of drug-likeness (QED) is 0.157. The average molecular weight is 844 g/mol. The predicted octanol–water partition coefficient (Wildman–Crippen LogP) is 16.9. The van der Waals surface area contributed by atoms with Crippen molar-refractivity contribution < 1.29 is 0 Å². The van der Waals surface area contributed by atoms with Crippen molar-refractivity contribution in [1.29, 1.82) is 0 Å². The maximum atomic E-state index is 5.39. The number of aromatic nitrogens is 3. The standard InChI is InChI=1S/C61H37N3S/c1-2-16-38(17-3-1)39-32-34-41(35-33-39)59-62-60(64-61(63-59)54-30-15-29-52-45-23-12-13-31-55(45)65-58(52)54)53-37-36-51(43-21-6-7-22-44(43)53)57-49-26-10-8-24-47(49)56(48-25-9-11-27-50(48)57)46-28-14-19-40-18-4-5-20-42(40)46/h1-37H. The van der Waals surface area contributed by atoms with E-state index in [1.54, 1.807) is 11.3 Å². The Bertz CT molecular complexity index is 3940. The Morgan fingerprint density at radius 1 is 0.246 bits per heavy atom. The minimum atomic E-state index is 0.636. The van der Waals surface area contributed by atoms with E-state index in [0.29, 0.717) is 17.5 Å². The Labute approximate surface area is 379 Å². The van der Waals surface area contributed by atoms with Crippen LogP contribution in [-0.4, -0.2) is 15.0 Å². The molecule has 4 heteroatoms. The molecule has 0 aliphatic carbocycles. The molecule has 13 rings (SSSR count). The molecule has 0 fully saturated rings. The zero-order valence-corrected chi connectivity index (χ0v) is 35.9. The monoisotopic (exact) mass is 843 g/mol. The number of rotatable bonds is 6. The van der Waals surface area contributed by atoms with Gasteiger partial charge < -0.3 is 0 Å². The van der Waals surface area contributed by atoms with Crippen LogP contribution in [0.15, 0.2) is 224 Å². The number of hydrogen-bond donors (Lipinski definition) is 0. The number of hydrogen-bond acceptors (Lipinski definition) is 4. The maximum Gasteiger partial charge on any atom is 0.165 e. The van der Waals surface area contributed by atoms with Crippen molar-refractivity contribution >= 4 is 74.6 Å². The van der Waals surface area contributed by atoms with Crippen LogP contribution >= 0.6 is 11.3 Å². The first kappa shape index (κ1) is 37.3. The molecule has 2 aromatic heterocycles. The highest BCUT2D eigenvalue weighted by atomic mass is 32.1. The summed E-state index contributed by atoms with van der Waals surface area (Å²) in [5.74, 6) is 1.93. The molecule has 0 aliphatic heterocycles. The van der Waals surface area contributed by atoms with Gasteiger partial charge in [-0.05, 0) is 94.7 Å². The molecule has 0 saturated heterocycles. The fraction of sp³-hybridized carbons (Fsp3) is 0. The van der Waals surface area contributed by atoms with E-state index in [9.17, 15) is 0 Å². The van der Waals surface area contributed by atoms with Gasteiger partial charge in [-0.1, -0.05) is 206 Å². The van der Waals surface area contributed by atoms with Crippen LogP contribution in [0.3, 0.4) is 0 Å². The number of fused-ring (bicyclic) bond motifs is 7. The summed E-state index contributed by atoms with van der Waals surface area (Å²) in [5.41, 5.74) is 10.1. The van der Waals surface area contributed by atoms with Crippen LogP contribution in [0.5, 0.6) is 0 Å². The van der Waals surface area contributed by atoms with E-state index >= 15 is 0 Å². The summed E-state index contributed by atoms with van der Waals surface area (Å²) in [6.07, 6.45) is 0. The molecular formula is C61H37N3S. The summed E-state index contributed by atoms with van der Waals surface area (Å²) >= 11 is 1.79. The van der Waals surface area contributed by atoms with Crippen LogP contribution < -0.4 is 0 Å². The summed E-state index contributed by atoms with van der Waals surface area (Å²) in [7, 11) is 0. The number of benzene rings is 11. The summed E-state index contributed by atoms with van der Waals surface area (Å²) < 4.78 is 2.41. The highest BCUT2D eigenvalue weighted by Crippen LogP contribution is 2.48. The first-order valence-corrected chi connectivity index (χ1v) is 22.8. The minimum absolute atomic E-state index is 0.636. The van der Waals surface area contributed by atoms with Gasteiger partial charge in [0.15, 0.2) is 17.5 Å². The van der Waals surface area contributed by atoms with E-state index in [1.807, 2.05) is 6.07 Å². The van der Waals surface area contributed by atoms with E-state index in [-0.39, 0.29) is 0 Å². The molecule has 0 spiro atoms. The summed E-state index contributed by atoms with van der Waals surface area (Å²) in [6.45, 7) is 0. The second kappa shape index (κ2) is 15.2. The van der Waals surface area contributed by atoms with Crippen molar-refractivity contribution in [3.63, 3.8) is 0 Å². The zero-order valence-electron chi connectivity index (χ0n) is 35.1. The lowest BCUT2D eigenvalue weighted by atomic mass is 9.83. The SMILES string of the molecule is c1ccc(-c2ccc(-c3nc(-c4ccc(-c5c6ccccc6c(-c6cccc7ccccc67)c6ccccc56)c5ccccc45)nc(-c4cccc5c4sc4ccccc45)n3)cc2)cc1. The Morgan fingerprint density at radius 3 is 1.37 bits per heavy atom. The lowest BCUT2D eigenvalue weighted by Gasteiger charge is -2.20. The minimum Gasteiger partial charge on any atom is -0.208 e. The highest BCUT2D eigenvalue weighted by Gasteiger charge is 2.22. The highest BCUT2D eigenvalue weighted by molar-refractivity contribution is 7.26. The largest absolute Gasteiger partial charge is 0.208 e. The lowest BCUT2D eigenvalue weighted by Crippen LogP contribution is -2.01. The third-order valence-electron chi connectivity index (χ3n) is 13.0. The molecule has 0 saturated carbocycles. The van der Waals surface area contributed by atoms with Crippen LogP contribution in [0.4, 0.5) is 0 Å². The topological polar surface area (TPSA) is 38.7 Å². The molecule has 0 radical (unpaired) electrons. The molecule has 0 aliphatic rings. The fourth-order valence-corrected chi connectivity index (χ4v) is 11.2. The second-order valence-corrected chi connectivity index (χ2v) is 17.7. The molecule has 11 aromatic carbocycles. The van der Waals surface area contributed by atoms with Crippen LogP contribution in [-0.2, 0) is 0 Å². The zero-order chi connectivity index (χ0) is 42.8. The molecule has 65 heavy (non-hydrogen) atoms. The molecule has 0 atom stereocenters. The molecule has 13 aromatic rings. The van der Waals surface area contributed by atoms with Crippen LogP contribution in [0, 0.1) is 0 Å². The summed E-state index contributed by atoms with van der Waals surface area (Å²) in [5, 5.41) is 12.0. The second-order valence-electron chi connectivity index (χ2n) is 16.6. The normalized spacial score (nSPS) is 11.7. The number of nitrogens with zero attached hydrogens (tertiary/aromatic N) is 3. The van der Waals surface area contributed by atoms with Crippen molar-refractivity contribution in [2.75, 3.05) is 0 Å².